The lowest BCUT2D eigenvalue weighted by molar-refractivity contribution is 0.0938. The first-order valence-corrected chi connectivity index (χ1v) is 10.5. The number of aromatic nitrogens is 5. The average Bonchev–Trinajstić information content (AvgIpc) is 3.16. The Hall–Kier alpha value is -3.92. The third kappa shape index (κ3) is 4.80. The number of ether oxygens (including phenoxy) is 1. The molecule has 0 amide bonds. The molecule has 0 spiro atoms. The fourth-order valence-corrected chi connectivity index (χ4v) is 3.49. The molecule has 0 aliphatic carbocycles. The molecule has 3 aromatic heterocycles. The molecule has 10 nitrogen and oxygen atoms in total. The Morgan fingerprint density at radius 1 is 1.21 bits per heavy atom. The first kappa shape index (κ1) is 22.3. The molecule has 0 radical (unpaired) electrons. The predicted octanol–water partition coefficient (Wildman–Crippen LogP) is 1.49. The van der Waals surface area contributed by atoms with Crippen LogP contribution in [0.4, 0.5) is 5.95 Å². The quantitative estimate of drug-likeness (QED) is 0.371. The van der Waals surface area contributed by atoms with E-state index in [0.717, 1.165) is 16.7 Å². The van der Waals surface area contributed by atoms with Gasteiger partial charge in [0, 0.05) is 26.0 Å². The van der Waals surface area contributed by atoms with Gasteiger partial charge in [-0.25, -0.2) is 4.79 Å². The molecule has 3 N–H and O–H groups in total. The molecular formula is C23H26N6O4. The van der Waals surface area contributed by atoms with E-state index in [0.29, 0.717) is 18.2 Å². The molecule has 0 saturated carbocycles. The van der Waals surface area contributed by atoms with Gasteiger partial charge in [-0.15, -0.1) is 0 Å². The fraction of sp³-hybridized carbons (Fsp3) is 0.304. The van der Waals surface area contributed by atoms with Crippen LogP contribution in [0.5, 0.6) is 5.75 Å². The summed E-state index contributed by atoms with van der Waals surface area (Å²) in [5.41, 5.74) is 2.44. The summed E-state index contributed by atoms with van der Waals surface area (Å²) >= 11 is 0. The van der Waals surface area contributed by atoms with Crippen molar-refractivity contribution < 1.29 is 9.84 Å². The Morgan fingerprint density at radius 3 is 2.76 bits per heavy atom. The van der Waals surface area contributed by atoms with Gasteiger partial charge in [0.15, 0.2) is 11.2 Å². The van der Waals surface area contributed by atoms with Gasteiger partial charge in [-0.3, -0.25) is 19.3 Å². The van der Waals surface area contributed by atoms with Gasteiger partial charge in [0.2, 0.25) is 5.95 Å². The van der Waals surface area contributed by atoms with E-state index in [1.165, 1.54) is 11.6 Å². The summed E-state index contributed by atoms with van der Waals surface area (Å²) in [7, 11) is 1.53. The van der Waals surface area contributed by atoms with Crippen LogP contribution in [0.2, 0.25) is 0 Å². The summed E-state index contributed by atoms with van der Waals surface area (Å²) in [5, 5.41) is 13.9. The number of pyridine rings is 1. The lowest BCUT2D eigenvalue weighted by Gasteiger charge is -2.16. The minimum absolute atomic E-state index is 0.0217. The molecule has 0 saturated heterocycles. The number of rotatable bonds is 8. The highest BCUT2D eigenvalue weighted by Crippen LogP contribution is 2.19. The lowest BCUT2D eigenvalue weighted by Crippen LogP contribution is -2.31. The Labute approximate surface area is 189 Å². The number of aryl methyl sites for hydroxylation is 3. The molecule has 1 atom stereocenters. The number of anilines is 1. The highest BCUT2D eigenvalue weighted by Gasteiger charge is 2.20. The number of fused-ring (bicyclic) bond motifs is 1. The van der Waals surface area contributed by atoms with Crippen LogP contribution in [0, 0.1) is 13.8 Å². The number of nitrogens with zero attached hydrogens (tertiary/aromatic N) is 4. The minimum atomic E-state index is -0.931. The molecule has 10 heteroatoms. The van der Waals surface area contributed by atoms with Crippen LogP contribution >= 0.6 is 0 Å². The van der Waals surface area contributed by atoms with Crippen LogP contribution in [0.25, 0.3) is 11.2 Å². The smallest absolute Gasteiger partial charge is 0.329 e. The highest BCUT2D eigenvalue weighted by molar-refractivity contribution is 5.74. The summed E-state index contributed by atoms with van der Waals surface area (Å²) in [5.74, 6) is 1.01. The molecule has 4 aromatic rings. The van der Waals surface area contributed by atoms with Crippen molar-refractivity contribution in [3.05, 3.63) is 80.3 Å². The number of aliphatic hydroxyl groups is 1. The number of imidazole rings is 1. The first-order chi connectivity index (χ1) is 15.8. The zero-order valence-corrected chi connectivity index (χ0v) is 18.7. The van der Waals surface area contributed by atoms with Crippen LogP contribution in [0.1, 0.15) is 16.7 Å². The van der Waals surface area contributed by atoms with Gasteiger partial charge in [0.1, 0.15) is 18.5 Å². The van der Waals surface area contributed by atoms with Crippen molar-refractivity contribution in [1.82, 2.24) is 24.1 Å². The van der Waals surface area contributed by atoms with Gasteiger partial charge in [-0.05, 0) is 48.7 Å². The van der Waals surface area contributed by atoms with E-state index in [-0.39, 0.29) is 24.3 Å². The maximum Gasteiger partial charge on any atom is 0.329 e. The lowest BCUT2D eigenvalue weighted by atomic mass is 10.1. The van der Waals surface area contributed by atoms with E-state index in [2.05, 4.69) is 20.3 Å². The topological polar surface area (TPSA) is 127 Å². The molecule has 0 bridgehead atoms. The predicted molar refractivity (Wildman–Crippen MR) is 125 cm³/mol. The van der Waals surface area contributed by atoms with E-state index < -0.39 is 17.4 Å². The van der Waals surface area contributed by atoms with E-state index in [1.807, 2.05) is 44.2 Å². The van der Waals surface area contributed by atoms with Crippen LogP contribution in [0.15, 0.2) is 52.3 Å². The van der Waals surface area contributed by atoms with Crippen molar-refractivity contribution >= 4 is 17.1 Å². The van der Waals surface area contributed by atoms with E-state index in [1.54, 1.807) is 17.0 Å². The molecule has 0 fully saturated rings. The van der Waals surface area contributed by atoms with Crippen LogP contribution in [-0.4, -0.2) is 41.9 Å². The molecule has 33 heavy (non-hydrogen) atoms. The molecule has 172 valence electrons. The fourth-order valence-electron chi connectivity index (χ4n) is 3.49. The number of H-pyrrole nitrogens is 1. The van der Waals surface area contributed by atoms with Crippen LogP contribution < -0.4 is 21.3 Å². The van der Waals surface area contributed by atoms with Crippen molar-refractivity contribution in [2.24, 2.45) is 7.05 Å². The van der Waals surface area contributed by atoms with Crippen LogP contribution in [-0.2, 0) is 20.1 Å². The molecule has 0 unspecified atom stereocenters. The van der Waals surface area contributed by atoms with Crippen LogP contribution in [0.3, 0.4) is 0 Å². The number of hydrogen-bond acceptors (Lipinski definition) is 7. The summed E-state index contributed by atoms with van der Waals surface area (Å²) in [6.07, 6.45) is 2.47. The van der Waals surface area contributed by atoms with Crippen molar-refractivity contribution in [2.45, 2.75) is 33.0 Å². The third-order valence-electron chi connectivity index (χ3n) is 5.49. The maximum absolute atomic E-state index is 12.6. The molecular weight excluding hydrogens is 424 g/mol. The summed E-state index contributed by atoms with van der Waals surface area (Å²) < 4.78 is 8.59. The van der Waals surface area contributed by atoms with Gasteiger partial charge < -0.3 is 19.7 Å². The Balaban J connectivity index is 1.61. The monoisotopic (exact) mass is 450 g/mol. The summed E-state index contributed by atoms with van der Waals surface area (Å²) in [6, 6.07) is 9.45. The highest BCUT2D eigenvalue weighted by atomic mass is 16.5. The Bertz CT molecular complexity index is 1390. The van der Waals surface area contributed by atoms with Gasteiger partial charge in [-0.1, -0.05) is 12.1 Å². The summed E-state index contributed by atoms with van der Waals surface area (Å²) in [4.78, 5) is 35.5. The SMILES string of the molecule is Cc1ccc(OC[C@@H](O)Cn2c(NCc3cccnc3)nc3c2c(=O)[nH]c(=O)n3C)cc1C. The van der Waals surface area contributed by atoms with Crippen molar-refractivity contribution in [3.63, 3.8) is 0 Å². The normalized spacial score (nSPS) is 12.1. The zero-order chi connectivity index (χ0) is 23.5. The minimum Gasteiger partial charge on any atom is -0.491 e. The zero-order valence-electron chi connectivity index (χ0n) is 18.7. The van der Waals surface area contributed by atoms with Gasteiger partial charge in [-0.2, -0.15) is 4.98 Å². The number of nitrogens with one attached hydrogen (secondary N) is 2. The Kier molecular flexibility index (Phi) is 6.27. The maximum atomic E-state index is 12.6. The van der Waals surface area contributed by atoms with Crippen molar-refractivity contribution in [1.29, 1.82) is 0 Å². The molecule has 3 heterocycles. The molecule has 1 aromatic carbocycles. The summed E-state index contributed by atoms with van der Waals surface area (Å²) in [6.45, 7) is 4.47. The first-order valence-electron chi connectivity index (χ1n) is 10.5. The van der Waals surface area contributed by atoms with Crippen molar-refractivity contribution in [3.8, 4) is 5.75 Å². The molecule has 0 aliphatic rings. The second kappa shape index (κ2) is 9.29. The van der Waals surface area contributed by atoms with Crippen molar-refractivity contribution in [2.75, 3.05) is 11.9 Å². The number of aromatic amines is 1. The Morgan fingerprint density at radius 2 is 2.03 bits per heavy atom. The second-order valence-corrected chi connectivity index (χ2v) is 7.96. The van der Waals surface area contributed by atoms with E-state index >= 15 is 0 Å². The average molecular weight is 450 g/mol. The number of benzene rings is 1. The molecule has 4 rings (SSSR count). The number of aliphatic hydroxyl groups excluding tert-OH is 1. The van der Waals surface area contributed by atoms with E-state index in [4.69, 9.17) is 4.74 Å². The standard InChI is InChI=1S/C23H26N6O4/c1-14-6-7-18(9-15(14)2)33-13-17(30)12-29-19-20(28(3)23(32)27-21(19)31)26-22(29)25-11-16-5-4-8-24-10-16/h4-10,17,30H,11-13H2,1-3H3,(H,25,26)(H,27,31,32)/t17-/m0/s1. The molecule has 0 aliphatic heterocycles. The van der Waals surface area contributed by atoms with Gasteiger partial charge >= 0.3 is 5.69 Å². The van der Waals surface area contributed by atoms with Gasteiger partial charge in [0.25, 0.3) is 5.56 Å². The largest absolute Gasteiger partial charge is 0.491 e. The van der Waals surface area contributed by atoms with E-state index in [9.17, 15) is 14.7 Å². The van der Waals surface area contributed by atoms with Gasteiger partial charge in [0.05, 0.1) is 6.54 Å². The second-order valence-electron chi connectivity index (χ2n) is 7.96. The number of hydrogen-bond donors (Lipinski definition) is 3. The third-order valence-corrected chi connectivity index (χ3v) is 5.49.